The molecule has 32 heavy (non-hydrogen) atoms. The summed E-state index contributed by atoms with van der Waals surface area (Å²) >= 11 is 12.8. The third-order valence-electron chi connectivity index (χ3n) is 6.02. The van der Waals surface area contributed by atoms with E-state index in [1.54, 1.807) is 25.0 Å². The van der Waals surface area contributed by atoms with E-state index in [1.165, 1.54) is 6.33 Å². The fourth-order valence-electron chi connectivity index (χ4n) is 4.51. The standard InChI is InChI=1S/C23H20Cl2N4O3/c1-31-18-7-6-12(10-19(18)32-2)13-8-16-20(17(30)9-13)22(29-23(28-16)26-11-27-29)14-4-3-5-15(24)21(14)25/h3-7,10-11,13,22H,8-9H2,1-2H3,(H,26,27,28)/t13-,22-/m0/s1. The first kappa shape index (κ1) is 20.8. The van der Waals surface area contributed by atoms with Gasteiger partial charge >= 0.3 is 0 Å². The Morgan fingerprint density at radius 1 is 1.09 bits per heavy atom. The molecule has 2 aromatic carbocycles. The van der Waals surface area contributed by atoms with Gasteiger partial charge < -0.3 is 14.8 Å². The van der Waals surface area contributed by atoms with Crippen molar-refractivity contribution in [1.82, 2.24) is 14.8 Å². The first-order chi connectivity index (χ1) is 15.5. The molecular formula is C23H20Cl2N4O3. The molecule has 0 fully saturated rings. The molecule has 1 aromatic heterocycles. The number of Topliss-reactive ketones (excluding diaryl/α,β-unsaturated/α-hetero) is 1. The molecule has 0 saturated heterocycles. The number of hydrogen-bond donors (Lipinski definition) is 1. The van der Waals surface area contributed by atoms with Gasteiger partial charge in [-0.25, -0.2) is 4.68 Å². The van der Waals surface area contributed by atoms with Gasteiger partial charge in [0.2, 0.25) is 5.95 Å². The SMILES string of the molecule is COc1ccc([C@@H]2CC(=O)C3=C(C2)Nc2ncnn2[C@H]3c2cccc(Cl)c2Cl)cc1OC. The number of benzene rings is 2. The molecule has 0 spiro atoms. The second-order valence-corrected chi connectivity index (χ2v) is 8.52. The quantitative estimate of drug-likeness (QED) is 0.576. The summed E-state index contributed by atoms with van der Waals surface area (Å²) < 4.78 is 12.5. The molecule has 9 heteroatoms. The number of nitrogens with one attached hydrogen (secondary N) is 1. The van der Waals surface area contributed by atoms with Crippen LogP contribution in [0.3, 0.4) is 0 Å². The second-order valence-electron chi connectivity index (χ2n) is 7.73. The van der Waals surface area contributed by atoms with E-state index in [4.69, 9.17) is 32.7 Å². The lowest BCUT2D eigenvalue weighted by Gasteiger charge is -2.35. The number of ether oxygens (including phenoxy) is 2. The monoisotopic (exact) mass is 470 g/mol. The number of anilines is 1. The predicted molar refractivity (Wildman–Crippen MR) is 122 cm³/mol. The highest BCUT2D eigenvalue weighted by Gasteiger charge is 2.40. The van der Waals surface area contributed by atoms with Gasteiger partial charge in [0.15, 0.2) is 17.3 Å². The summed E-state index contributed by atoms with van der Waals surface area (Å²) in [4.78, 5) is 17.8. The van der Waals surface area contributed by atoms with Crippen LogP contribution in [-0.4, -0.2) is 34.8 Å². The zero-order valence-electron chi connectivity index (χ0n) is 17.4. The van der Waals surface area contributed by atoms with E-state index in [0.717, 1.165) is 16.8 Å². The summed E-state index contributed by atoms with van der Waals surface area (Å²) in [6.07, 6.45) is 2.45. The van der Waals surface area contributed by atoms with E-state index < -0.39 is 6.04 Å². The highest BCUT2D eigenvalue weighted by molar-refractivity contribution is 6.42. The summed E-state index contributed by atoms with van der Waals surface area (Å²) in [5.74, 6) is 1.86. The van der Waals surface area contributed by atoms with Crippen molar-refractivity contribution in [3.05, 3.63) is 75.2 Å². The van der Waals surface area contributed by atoms with E-state index in [-0.39, 0.29) is 11.7 Å². The summed E-state index contributed by atoms with van der Waals surface area (Å²) in [6.45, 7) is 0. The Balaban J connectivity index is 1.58. The van der Waals surface area contributed by atoms with E-state index >= 15 is 0 Å². The highest BCUT2D eigenvalue weighted by Crippen LogP contribution is 2.46. The normalized spacial score (nSPS) is 19.8. The highest BCUT2D eigenvalue weighted by atomic mass is 35.5. The van der Waals surface area contributed by atoms with Crippen molar-refractivity contribution in [2.75, 3.05) is 19.5 Å². The summed E-state index contributed by atoms with van der Waals surface area (Å²) in [5, 5.41) is 8.50. The molecule has 5 rings (SSSR count). The van der Waals surface area contributed by atoms with Crippen molar-refractivity contribution in [2.45, 2.75) is 24.8 Å². The minimum atomic E-state index is -0.492. The van der Waals surface area contributed by atoms with Crippen molar-refractivity contribution in [3.8, 4) is 11.5 Å². The lowest BCUT2D eigenvalue weighted by atomic mass is 9.78. The van der Waals surface area contributed by atoms with Gasteiger partial charge in [0.05, 0.1) is 24.3 Å². The predicted octanol–water partition coefficient (Wildman–Crippen LogP) is 5.02. The van der Waals surface area contributed by atoms with Crippen molar-refractivity contribution in [2.24, 2.45) is 0 Å². The van der Waals surface area contributed by atoms with Crippen molar-refractivity contribution < 1.29 is 14.3 Å². The third-order valence-corrected chi connectivity index (χ3v) is 6.85. The van der Waals surface area contributed by atoms with Crippen LogP contribution >= 0.6 is 23.2 Å². The number of carbonyl (C=O) groups excluding carboxylic acids is 1. The first-order valence-electron chi connectivity index (χ1n) is 10.1. The number of allylic oxidation sites excluding steroid dienone is 2. The van der Waals surface area contributed by atoms with Crippen LogP contribution in [0.15, 0.2) is 54.0 Å². The smallest absolute Gasteiger partial charge is 0.226 e. The van der Waals surface area contributed by atoms with Crippen LogP contribution in [0.4, 0.5) is 5.95 Å². The number of hydrogen-bond acceptors (Lipinski definition) is 6. The molecule has 7 nitrogen and oxygen atoms in total. The molecule has 1 N–H and O–H groups in total. The molecule has 0 saturated carbocycles. The van der Waals surface area contributed by atoms with Crippen LogP contribution in [-0.2, 0) is 4.79 Å². The molecule has 3 aromatic rings. The molecule has 1 aliphatic carbocycles. The molecule has 1 aliphatic heterocycles. The summed E-state index contributed by atoms with van der Waals surface area (Å²) in [5.41, 5.74) is 3.19. The molecule has 0 unspecified atom stereocenters. The van der Waals surface area contributed by atoms with Gasteiger partial charge in [0.25, 0.3) is 0 Å². The van der Waals surface area contributed by atoms with E-state index in [2.05, 4.69) is 15.4 Å². The van der Waals surface area contributed by atoms with Crippen LogP contribution in [0.1, 0.15) is 35.9 Å². The van der Waals surface area contributed by atoms with Gasteiger partial charge in [-0.1, -0.05) is 41.4 Å². The summed E-state index contributed by atoms with van der Waals surface area (Å²) in [7, 11) is 3.20. The summed E-state index contributed by atoms with van der Waals surface area (Å²) in [6, 6.07) is 10.7. The van der Waals surface area contributed by atoms with Gasteiger partial charge in [0.1, 0.15) is 12.4 Å². The van der Waals surface area contributed by atoms with Gasteiger partial charge in [-0.05, 0) is 36.1 Å². The molecule has 0 amide bonds. The van der Waals surface area contributed by atoms with Gasteiger partial charge in [0, 0.05) is 23.3 Å². The maximum absolute atomic E-state index is 13.5. The topological polar surface area (TPSA) is 78.3 Å². The number of nitrogens with zero attached hydrogens (tertiary/aromatic N) is 3. The molecule has 0 bridgehead atoms. The van der Waals surface area contributed by atoms with Gasteiger partial charge in [-0.3, -0.25) is 4.79 Å². The third kappa shape index (κ3) is 3.32. The minimum Gasteiger partial charge on any atom is -0.493 e. The van der Waals surface area contributed by atoms with Crippen molar-refractivity contribution >= 4 is 34.9 Å². The van der Waals surface area contributed by atoms with E-state index in [0.29, 0.717) is 45.9 Å². The maximum atomic E-state index is 13.5. The number of carbonyl (C=O) groups is 1. The second kappa shape index (κ2) is 8.15. The van der Waals surface area contributed by atoms with Crippen LogP contribution in [0.25, 0.3) is 0 Å². The Morgan fingerprint density at radius 2 is 1.91 bits per heavy atom. The molecule has 0 radical (unpaired) electrons. The Hall–Kier alpha value is -3.03. The van der Waals surface area contributed by atoms with Crippen LogP contribution in [0.2, 0.25) is 10.0 Å². The molecule has 2 aliphatic rings. The van der Waals surface area contributed by atoms with Crippen molar-refractivity contribution in [3.63, 3.8) is 0 Å². The van der Waals surface area contributed by atoms with Gasteiger partial charge in [-0.2, -0.15) is 10.1 Å². The molecule has 2 heterocycles. The van der Waals surface area contributed by atoms with E-state index in [9.17, 15) is 4.79 Å². The van der Waals surface area contributed by atoms with Crippen molar-refractivity contribution in [1.29, 1.82) is 0 Å². The molecular weight excluding hydrogens is 451 g/mol. The number of ketones is 1. The largest absolute Gasteiger partial charge is 0.493 e. The number of aromatic nitrogens is 3. The van der Waals surface area contributed by atoms with E-state index in [1.807, 2.05) is 30.3 Å². The number of halogens is 2. The Morgan fingerprint density at radius 3 is 2.69 bits per heavy atom. The Kier molecular flexibility index (Phi) is 5.31. The fraction of sp³-hybridized carbons (Fsp3) is 0.261. The van der Waals surface area contributed by atoms with Gasteiger partial charge in [-0.15, -0.1) is 0 Å². The lowest BCUT2D eigenvalue weighted by molar-refractivity contribution is -0.116. The zero-order chi connectivity index (χ0) is 22.4. The average molecular weight is 471 g/mol. The lowest BCUT2D eigenvalue weighted by Crippen LogP contribution is -2.33. The fourth-order valence-corrected chi connectivity index (χ4v) is 4.92. The number of fused-ring (bicyclic) bond motifs is 1. The minimum absolute atomic E-state index is 0.0153. The van der Waals surface area contributed by atoms with Crippen LogP contribution in [0, 0.1) is 0 Å². The first-order valence-corrected chi connectivity index (χ1v) is 10.9. The zero-order valence-corrected chi connectivity index (χ0v) is 18.9. The molecule has 164 valence electrons. The van der Waals surface area contributed by atoms with Crippen LogP contribution in [0.5, 0.6) is 11.5 Å². The maximum Gasteiger partial charge on any atom is 0.226 e. The average Bonchev–Trinajstić information content (AvgIpc) is 3.27. The number of rotatable bonds is 4. The number of methoxy groups -OCH3 is 2. The molecule has 2 atom stereocenters. The Bertz CT molecular complexity index is 1250. The van der Waals surface area contributed by atoms with Crippen LogP contribution < -0.4 is 14.8 Å². The Labute approximate surface area is 195 Å².